The number of aromatic nitrogens is 1. The summed E-state index contributed by atoms with van der Waals surface area (Å²) in [6.45, 7) is 1.32. The lowest BCUT2D eigenvalue weighted by atomic mass is 9.52. The van der Waals surface area contributed by atoms with Gasteiger partial charge in [-0.3, -0.25) is 19.3 Å². The number of nitrogens with two attached hydrogens (primary N) is 1. The number of piperidine rings is 1. The van der Waals surface area contributed by atoms with Gasteiger partial charge in [-0.25, -0.2) is 9.78 Å². The molecule has 5 amide bonds. The first kappa shape index (κ1) is 25.3. The Kier molecular flexibility index (Phi) is 6.48. The molecule has 1 unspecified atom stereocenters. The maximum atomic E-state index is 13.2. The van der Waals surface area contributed by atoms with Crippen LogP contribution in [0.1, 0.15) is 65.7 Å². The van der Waals surface area contributed by atoms with Crippen LogP contribution in [-0.2, 0) is 4.79 Å². The van der Waals surface area contributed by atoms with Crippen LogP contribution >= 0.6 is 0 Å². The molecule has 1 atom stereocenters. The molecule has 1 spiro atoms. The van der Waals surface area contributed by atoms with E-state index in [0.29, 0.717) is 25.1 Å². The van der Waals surface area contributed by atoms with Gasteiger partial charge >= 0.3 is 6.03 Å². The summed E-state index contributed by atoms with van der Waals surface area (Å²) in [4.78, 5) is 57.7. The predicted octanol–water partition coefficient (Wildman–Crippen LogP) is 2.73. The van der Waals surface area contributed by atoms with Crippen molar-refractivity contribution in [3.63, 3.8) is 0 Å². The molecule has 2 aliphatic heterocycles. The first-order valence-corrected chi connectivity index (χ1v) is 13.7. The van der Waals surface area contributed by atoms with E-state index < -0.39 is 11.9 Å². The van der Waals surface area contributed by atoms with Gasteiger partial charge in [0.1, 0.15) is 17.7 Å². The smallest absolute Gasteiger partial charge is 0.325 e. The second-order valence-corrected chi connectivity index (χ2v) is 11.5. The number of pyridine rings is 1. The molecule has 2 saturated heterocycles. The number of urea groups is 1. The number of likely N-dealkylation sites (tertiary alicyclic amines) is 1. The lowest BCUT2D eigenvalue weighted by molar-refractivity contribution is -0.141. The summed E-state index contributed by atoms with van der Waals surface area (Å²) < 4.78 is 5.93. The summed E-state index contributed by atoms with van der Waals surface area (Å²) in [6.07, 6.45) is 6.88. The Balaban J connectivity index is 0.966. The molecule has 1 aromatic carbocycles. The maximum absolute atomic E-state index is 13.2. The van der Waals surface area contributed by atoms with Gasteiger partial charge in [0.05, 0.1) is 0 Å². The lowest BCUT2D eigenvalue weighted by Crippen LogP contribution is -2.60. The topological polar surface area (TPSA) is 135 Å². The highest BCUT2D eigenvalue weighted by Gasteiger charge is 2.58. The number of nitrogens with zero attached hydrogens (tertiary/aromatic N) is 3. The van der Waals surface area contributed by atoms with Crippen LogP contribution in [-0.4, -0.2) is 69.8 Å². The van der Waals surface area contributed by atoms with Gasteiger partial charge in [-0.2, -0.15) is 0 Å². The highest BCUT2D eigenvalue weighted by atomic mass is 16.5. The minimum atomic E-state index is -0.574. The van der Waals surface area contributed by atoms with Crippen LogP contribution in [0.2, 0.25) is 0 Å². The van der Waals surface area contributed by atoms with E-state index in [0.717, 1.165) is 38.5 Å². The zero-order chi connectivity index (χ0) is 27.1. The van der Waals surface area contributed by atoms with Crippen LogP contribution in [0.5, 0.6) is 5.88 Å². The van der Waals surface area contributed by atoms with Gasteiger partial charge in [0, 0.05) is 30.9 Å². The Morgan fingerprint density at radius 1 is 1.03 bits per heavy atom. The van der Waals surface area contributed by atoms with Crippen molar-refractivity contribution >= 4 is 23.8 Å². The number of hydrogen-bond acceptors (Lipinski definition) is 6. The van der Waals surface area contributed by atoms with Crippen molar-refractivity contribution < 1.29 is 23.9 Å². The Morgan fingerprint density at radius 2 is 1.74 bits per heavy atom. The van der Waals surface area contributed by atoms with Crippen LogP contribution in [0.4, 0.5) is 4.79 Å². The molecule has 39 heavy (non-hydrogen) atoms. The standard InChI is InChI=1S/C29H33N5O5/c30-24(35)22-7-4-10-31-25(22)39-21-16-29(17-21)14-20(15-29)34-27(37)23(32-28(34)38)13-18-8-11-33(12-9-18)26(36)19-5-2-1-3-6-19/h1-7,10,18,20-21,23H,8-9,11-17H2,(H2,30,35)(H,32,38). The maximum Gasteiger partial charge on any atom is 0.325 e. The van der Waals surface area contributed by atoms with Gasteiger partial charge in [-0.1, -0.05) is 18.2 Å². The van der Waals surface area contributed by atoms with E-state index in [9.17, 15) is 19.2 Å². The molecule has 2 saturated carbocycles. The van der Waals surface area contributed by atoms with Crippen LogP contribution in [0, 0.1) is 11.3 Å². The average molecular weight is 532 g/mol. The Morgan fingerprint density at radius 3 is 2.44 bits per heavy atom. The number of nitrogens with one attached hydrogen (secondary N) is 1. The van der Waals surface area contributed by atoms with Crippen molar-refractivity contribution in [1.29, 1.82) is 0 Å². The van der Waals surface area contributed by atoms with Crippen LogP contribution in [0.3, 0.4) is 0 Å². The molecule has 4 fully saturated rings. The van der Waals surface area contributed by atoms with Crippen molar-refractivity contribution in [3.05, 3.63) is 59.8 Å². The molecular weight excluding hydrogens is 498 g/mol. The monoisotopic (exact) mass is 531 g/mol. The first-order chi connectivity index (χ1) is 18.8. The van der Waals surface area contributed by atoms with Crippen molar-refractivity contribution in [2.24, 2.45) is 17.1 Å². The van der Waals surface area contributed by atoms with Crippen LogP contribution < -0.4 is 15.8 Å². The number of imide groups is 1. The molecule has 0 radical (unpaired) electrons. The third kappa shape index (κ3) is 4.84. The number of primary amides is 1. The number of carbonyl (C=O) groups excluding carboxylic acids is 4. The summed E-state index contributed by atoms with van der Waals surface area (Å²) in [7, 11) is 0. The minimum Gasteiger partial charge on any atom is -0.474 e. The zero-order valence-electron chi connectivity index (χ0n) is 21.8. The molecule has 10 nitrogen and oxygen atoms in total. The molecule has 2 aromatic rings. The predicted molar refractivity (Wildman–Crippen MR) is 141 cm³/mol. The molecule has 3 N–H and O–H groups in total. The number of carbonyl (C=O) groups is 4. The fraction of sp³-hybridized carbons (Fsp3) is 0.483. The molecule has 10 heteroatoms. The molecular formula is C29H33N5O5. The third-order valence-electron chi connectivity index (χ3n) is 8.88. The summed E-state index contributed by atoms with van der Waals surface area (Å²) in [5.41, 5.74) is 6.44. The van der Waals surface area contributed by atoms with Gasteiger partial charge < -0.3 is 20.7 Å². The van der Waals surface area contributed by atoms with Gasteiger partial charge in [0.2, 0.25) is 5.88 Å². The molecule has 4 aliphatic rings. The molecule has 0 bridgehead atoms. The number of amides is 5. The number of rotatable bonds is 7. The SMILES string of the molecule is NC(=O)c1cccnc1OC1CC2(C1)CC(N1C(=O)NC(CC3CCN(C(=O)c4ccccc4)CC3)C1=O)C2. The fourth-order valence-electron chi connectivity index (χ4n) is 6.80. The lowest BCUT2D eigenvalue weighted by Gasteiger charge is -2.58. The molecule has 1 aromatic heterocycles. The summed E-state index contributed by atoms with van der Waals surface area (Å²) >= 11 is 0. The second-order valence-electron chi connectivity index (χ2n) is 11.5. The molecule has 3 heterocycles. The largest absolute Gasteiger partial charge is 0.474 e. The number of benzene rings is 1. The fourth-order valence-corrected chi connectivity index (χ4v) is 6.80. The normalized spacial score (nSPS) is 28.6. The van der Waals surface area contributed by atoms with Crippen LogP contribution in [0.25, 0.3) is 0 Å². The Bertz CT molecular complexity index is 1280. The van der Waals surface area contributed by atoms with Crippen molar-refractivity contribution in [2.45, 2.75) is 63.1 Å². The van der Waals surface area contributed by atoms with E-state index in [-0.39, 0.29) is 52.8 Å². The highest BCUT2D eigenvalue weighted by molar-refractivity contribution is 6.04. The van der Waals surface area contributed by atoms with E-state index in [4.69, 9.17) is 10.5 Å². The van der Waals surface area contributed by atoms with Gasteiger partial charge in [-0.05, 0) is 80.5 Å². The molecule has 6 rings (SSSR count). The van der Waals surface area contributed by atoms with Gasteiger partial charge in [-0.15, -0.1) is 0 Å². The van der Waals surface area contributed by atoms with E-state index in [2.05, 4.69) is 10.3 Å². The second kappa shape index (κ2) is 9.98. The van der Waals surface area contributed by atoms with Crippen molar-refractivity contribution in [3.8, 4) is 5.88 Å². The van der Waals surface area contributed by atoms with E-state index in [1.165, 1.54) is 4.90 Å². The van der Waals surface area contributed by atoms with Gasteiger partial charge in [0.15, 0.2) is 0 Å². The average Bonchev–Trinajstić information content (AvgIpc) is 3.17. The van der Waals surface area contributed by atoms with E-state index in [1.807, 2.05) is 35.2 Å². The third-order valence-corrected chi connectivity index (χ3v) is 8.88. The number of hydrogen-bond donors (Lipinski definition) is 2. The Labute approximate surface area is 226 Å². The van der Waals surface area contributed by atoms with Crippen molar-refractivity contribution in [2.75, 3.05) is 13.1 Å². The summed E-state index contributed by atoms with van der Waals surface area (Å²) in [5.74, 6) is -0.119. The zero-order valence-corrected chi connectivity index (χ0v) is 21.8. The number of ether oxygens (including phenoxy) is 1. The summed E-state index contributed by atoms with van der Waals surface area (Å²) in [5, 5.41) is 2.91. The van der Waals surface area contributed by atoms with Crippen molar-refractivity contribution in [1.82, 2.24) is 20.1 Å². The minimum absolute atomic E-state index is 0.0429. The molecule has 2 aliphatic carbocycles. The first-order valence-electron chi connectivity index (χ1n) is 13.7. The van der Waals surface area contributed by atoms with E-state index >= 15 is 0 Å². The quantitative estimate of drug-likeness (QED) is 0.528. The highest BCUT2D eigenvalue weighted by Crippen LogP contribution is 2.58. The molecule has 204 valence electrons. The Hall–Kier alpha value is -3.95. The van der Waals surface area contributed by atoms with Crippen LogP contribution in [0.15, 0.2) is 48.7 Å². The van der Waals surface area contributed by atoms with Gasteiger partial charge in [0.25, 0.3) is 17.7 Å². The summed E-state index contributed by atoms with van der Waals surface area (Å²) in [6, 6.07) is 11.6. The van der Waals surface area contributed by atoms with E-state index in [1.54, 1.807) is 18.3 Å².